The Kier molecular flexibility index (Phi) is 9.58. The summed E-state index contributed by atoms with van der Waals surface area (Å²) in [6, 6.07) is 1.23. The molecule has 0 saturated carbocycles. The largest absolute Gasteiger partial charge is 0.472 e. The lowest BCUT2D eigenvalue weighted by atomic mass is 10.2. The van der Waals surface area contributed by atoms with Crippen LogP contribution < -0.4 is 9.46 Å². The molecule has 178 valence electrons. The van der Waals surface area contributed by atoms with E-state index in [1.165, 1.54) is 30.3 Å². The second-order valence-corrected chi connectivity index (χ2v) is 9.39. The van der Waals surface area contributed by atoms with Crippen LogP contribution in [0.15, 0.2) is 47.2 Å². The first-order chi connectivity index (χ1) is 15.1. The van der Waals surface area contributed by atoms with Crippen molar-refractivity contribution in [3.05, 3.63) is 42.0 Å². The Morgan fingerprint density at radius 3 is 2.66 bits per heavy atom. The fourth-order valence-corrected chi connectivity index (χ4v) is 4.51. The smallest absolute Gasteiger partial charge is 0.302 e. The van der Waals surface area contributed by atoms with Gasteiger partial charge in [0.2, 0.25) is 5.88 Å². The fourth-order valence-electron chi connectivity index (χ4n) is 2.38. The van der Waals surface area contributed by atoms with Crippen molar-refractivity contribution in [2.24, 2.45) is 0 Å². The number of hydrogen-bond donors (Lipinski definition) is 3. The highest BCUT2D eigenvalue weighted by Crippen LogP contribution is 2.28. The summed E-state index contributed by atoms with van der Waals surface area (Å²) >= 11 is 0.927. The van der Waals surface area contributed by atoms with E-state index in [1.807, 2.05) is 0 Å². The van der Waals surface area contributed by atoms with Crippen molar-refractivity contribution >= 4 is 27.8 Å². The Morgan fingerprint density at radius 2 is 2.12 bits per heavy atom. The summed E-state index contributed by atoms with van der Waals surface area (Å²) in [4.78, 5) is 8.26. The zero-order valence-electron chi connectivity index (χ0n) is 17.7. The van der Waals surface area contributed by atoms with Crippen LogP contribution in [0.1, 0.15) is 20.3 Å². The average Bonchev–Trinajstić information content (AvgIpc) is 2.70. The summed E-state index contributed by atoms with van der Waals surface area (Å²) < 4.78 is 61.5. The molecule has 0 aliphatic carbocycles. The Morgan fingerprint density at radius 1 is 1.44 bits per heavy atom. The van der Waals surface area contributed by atoms with Gasteiger partial charge >= 0.3 is 10.2 Å². The quantitative estimate of drug-likeness (QED) is 0.231. The molecule has 1 aromatic rings. The average molecular weight is 493 g/mol. The molecule has 2 rings (SSSR count). The number of aromatic nitrogens is 2. The summed E-state index contributed by atoms with van der Waals surface area (Å²) in [6.07, 6.45) is 0.839. The van der Waals surface area contributed by atoms with Crippen LogP contribution >= 0.6 is 11.8 Å². The summed E-state index contributed by atoms with van der Waals surface area (Å²) in [6.45, 7) is 6.45. The molecule has 1 aromatic heterocycles. The highest BCUT2D eigenvalue weighted by atomic mass is 32.2. The molecule has 1 unspecified atom stereocenters. The monoisotopic (exact) mass is 492 g/mol. The number of nitrogens with zero attached hydrogens (tertiary/aromatic N) is 3. The standard InChI is InChI=1S/C19H26F2N4O5S2/c1-4-13(18(21)14(20)5-2)11-31-19-22-16(24-32(28,29)25-7-6-8-25)9-17(23-19)30-12(3)15(27)10-26/h4-5,9,12,15,26-27H,2,6-8,10-11H2,1,3H3,(H,22,23,24)/b13-4-,18-14-/t12-,15?/m1/s1. The van der Waals surface area contributed by atoms with Crippen molar-refractivity contribution in [2.75, 3.05) is 30.2 Å². The lowest BCUT2D eigenvalue weighted by Gasteiger charge is -2.29. The first-order valence-electron chi connectivity index (χ1n) is 9.69. The van der Waals surface area contributed by atoms with Gasteiger partial charge in [0, 0.05) is 24.9 Å². The second kappa shape index (κ2) is 11.7. The molecule has 2 heterocycles. The van der Waals surface area contributed by atoms with Gasteiger partial charge in [-0.1, -0.05) is 24.4 Å². The number of halogens is 2. The lowest BCUT2D eigenvalue weighted by Crippen LogP contribution is -2.45. The van der Waals surface area contributed by atoms with Crippen molar-refractivity contribution in [3.63, 3.8) is 0 Å². The molecule has 0 amide bonds. The van der Waals surface area contributed by atoms with Crippen molar-refractivity contribution in [1.29, 1.82) is 0 Å². The molecule has 1 aliphatic rings. The first-order valence-corrected chi connectivity index (χ1v) is 12.1. The third-order valence-electron chi connectivity index (χ3n) is 4.48. The van der Waals surface area contributed by atoms with Crippen LogP contribution in [0.4, 0.5) is 14.6 Å². The number of hydrogen-bond acceptors (Lipinski definition) is 8. The fraction of sp³-hybridized carbons (Fsp3) is 0.474. The van der Waals surface area contributed by atoms with E-state index < -0.39 is 40.7 Å². The van der Waals surface area contributed by atoms with Crippen LogP contribution in [0.5, 0.6) is 5.88 Å². The van der Waals surface area contributed by atoms with E-state index in [1.54, 1.807) is 0 Å². The highest BCUT2D eigenvalue weighted by Gasteiger charge is 2.28. The zero-order valence-corrected chi connectivity index (χ0v) is 19.3. The Balaban J connectivity index is 2.29. The number of ether oxygens (including phenoxy) is 1. The normalized spacial score (nSPS) is 17.8. The van der Waals surface area contributed by atoms with Crippen LogP contribution in [0.3, 0.4) is 0 Å². The SMILES string of the molecule is C=C/C(F)=C(F)\C(=C/C)CSc1nc(NS(=O)(=O)N2CCC2)cc(O[C@H](C)C(O)CO)n1. The predicted octanol–water partition coefficient (Wildman–Crippen LogP) is 2.33. The molecule has 0 radical (unpaired) electrons. The predicted molar refractivity (Wildman–Crippen MR) is 118 cm³/mol. The van der Waals surface area contributed by atoms with Gasteiger partial charge in [-0.05, 0) is 31.9 Å². The highest BCUT2D eigenvalue weighted by molar-refractivity contribution is 7.99. The van der Waals surface area contributed by atoms with E-state index >= 15 is 0 Å². The summed E-state index contributed by atoms with van der Waals surface area (Å²) in [7, 11) is -3.82. The number of anilines is 1. The van der Waals surface area contributed by atoms with Crippen LogP contribution in [0, 0.1) is 0 Å². The molecule has 0 spiro atoms. The number of rotatable bonds is 12. The van der Waals surface area contributed by atoms with E-state index in [0.717, 1.165) is 24.3 Å². The van der Waals surface area contributed by atoms with Gasteiger partial charge in [-0.2, -0.15) is 17.7 Å². The maximum Gasteiger partial charge on any atom is 0.302 e. The van der Waals surface area contributed by atoms with E-state index in [9.17, 15) is 22.3 Å². The zero-order chi connectivity index (χ0) is 23.9. The van der Waals surface area contributed by atoms with Crippen molar-refractivity contribution in [2.45, 2.75) is 37.6 Å². The lowest BCUT2D eigenvalue weighted by molar-refractivity contribution is 0.00599. The van der Waals surface area contributed by atoms with E-state index in [0.29, 0.717) is 13.1 Å². The van der Waals surface area contributed by atoms with Crippen molar-refractivity contribution < 1.29 is 32.1 Å². The molecule has 1 fully saturated rings. The summed E-state index contributed by atoms with van der Waals surface area (Å²) in [5, 5.41) is 18.8. The second-order valence-electron chi connectivity index (χ2n) is 6.78. The Labute approximate surface area is 190 Å². The van der Waals surface area contributed by atoms with E-state index in [2.05, 4.69) is 21.3 Å². The third kappa shape index (κ3) is 6.97. The Bertz CT molecular complexity index is 984. The molecule has 0 bridgehead atoms. The first kappa shape index (κ1) is 26.2. The number of thioether (sulfide) groups is 1. The van der Waals surface area contributed by atoms with Gasteiger partial charge in [-0.3, -0.25) is 4.72 Å². The topological polar surface area (TPSA) is 125 Å². The van der Waals surface area contributed by atoms with Gasteiger partial charge in [-0.15, -0.1) is 0 Å². The maximum atomic E-state index is 14.1. The van der Waals surface area contributed by atoms with E-state index in [4.69, 9.17) is 9.84 Å². The minimum Gasteiger partial charge on any atom is -0.472 e. The van der Waals surface area contributed by atoms with Gasteiger partial charge in [0.1, 0.15) is 18.0 Å². The molecule has 13 heteroatoms. The number of allylic oxidation sites excluding steroid dienone is 4. The molecule has 2 atom stereocenters. The van der Waals surface area contributed by atoms with Gasteiger partial charge in [0.15, 0.2) is 16.8 Å². The number of aliphatic hydroxyl groups is 2. The van der Waals surface area contributed by atoms with Crippen LogP contribution in [-0.4, -0.2) is 70.6 Å². The number of aliphatic hydroxyl groups excluding tert-OH is 2. The van der Waals surface area contributed by atoms with Gasteiger partial charge in [0.25, 0.3) is 0 Å². The van der Waals surface area contributed by atoms with Gasteiger partial charge in [0.05, 0.1) is 6.61 Å². The van der Waals surface area contributed by atoms with Crippen molar-refractivity contribution in [3.8, 4) is 5.88 Å². The van der Waals surface area contributed by atoms with Crippen LogP contribution in [-0.2, 0) is 10.2 Å². The van der Waals surface area contributed by atoms with Crippen LogP contribution in [0.25, 0.3) is 0 Å². The summed E-state index contributed by atoms with van der Waals surface area (Å²) in [5.74, 6) is -2.39. The summed E-state index contributed by atoms with van der Waals surface area (Å²) in [5.41, 5.74) is 0.0362. The molecule has 0 aromatic carbocycles. The molecular weight excluding hydrogens is 466 g/mol. The third-order valence-corrected chi connectivity index (χ3v) is 6.89. The number of nitrogens with one attached hydrogen (secondary N) is 1. The van der Waals surface area contributed by atoms with E-state index in [-0.39, 0.29) is 28.2 Å². The minimum absolute atomic E-state index is 0.0284. The molecular formula is C19H26F2N4O5S2. The van der Waals surface area contributed by atoms with Crippen LogP contribution in [0.2, 0.25) is 0 Å². The molecule has 1 aliphatic heterocycles. The van der Waals surface area contributed by atoms with Gasteiger partial charge in [-0.25, -0.2) is 13.8 Å². The minimum atomic E-state index is -3.82. The van der Waals surface area contributed by atoms with Gasteiger partial charge < -0.3 is 14.9 Å². The molecule has 9 nitrogen and oxygen atoms in total. The maximum absolute atomic E-state index is 14.1. The molecule has 1 saturated heterocycles. The molecule has 32 heavy (non-hydrogen) atoms. The molecule has 3 N–H and O–H groups in total. The Hall–Kier alpha value is -2.06. The van der Waals surface area contributed by atoms with Crippen molar-refractivity contribution in [1.82, 2.24) is 14.3 Å².